The minimum atomic E-state index is -6.44. The molecule has 4 aliphatic carbocycles. The molecule has 0 aromatic heterocycles. The van der Waals surface area contributed by atoms with Crippen LogP contribution in [0.5, 0.6) is 0 Å². The van der Waals surface area contributed by atoms with Crippen molar-refractivity contribution in [2.75, 3.05) is 0 Å². The fraction of sp³-hybridized carbons (Fsp3) is 1.00. The van der Waals surface area contributed by atoms with Gasteiger partial charge in [-0.1, -0.05) is 4.13 Å². The minimum Gasteiger partial charge on any atom is -0.378 e. The summed E-state index contributed by atoms with van der Waals surface area (Å²) < 4.78 is 116. The molecule has 0 aliphatic heterocycles. The van der Waals surface area contributed by atoms with Gasteiger partial charge in [0.1, 0.15) is 0 Å². The molecule has 2 N–H and O–H groups in total. The van der Waals surface area contributed by atoms with Gasteiger partial charge in [-0.15, -0.1) is 0 Å². The molecule has 0 aromatic carbocycles. The molecule has 1 unspecified atom stereocenters. The zero-order valence-electron chi connectivity index (χ0n) is 13.7. The van der Waals surface area contributed by atoms with E-state index >= 15 is 0 Å². The van der Waals surface area contributed by atoms with Crippen LogP contribution >= 0.6 is 0 Å². The van der Waals surface area contributed by atoms with Crippen LogP contribution in [0.1, 0.15) is 32.1 Å². The van der Waals surface area contributed by atoms with Crippen LogP contribution in [0.25, 0.3) is 0 Å². The first-order valence-electron chi connectivity index (χ1n) is 8.21. The van der Waals surface area contributed by atoms with Crippen LogP contribution in [0.15, 0.2) is 0 Å². The Labute approximate surface area is 152 Å². The maximum atomic E-state index is 13.5. The van der Waals surface area contributed by atoms with Crippen LogP contribution in [0, 0.1) is 23.7 Å². The van der Waals surface area contributed by atoms with Gasteiger partial charge in [0.05, 0.1) is 6.10 Å². The first kappa shape index (κ1) is 21.1. The van der Waals surface area contributed by atoms with Crippen molar-refractivity contribution in [2.45, 2.75) is 55.7 Å². The van der Waals surface area contributed by atoms with Gasteiger partial charge in [0, 0.05) is 0 Å². The van der Waals surface area contributed by atoms with Crippen LogP contribution in [0.3, 0.4) is 0 Å². The molecule has 4 aliphatic rings. The lowest BCUT2D eigenvalue weighted by Crippen LogP contribution is -2.56. The lowest BCUT2D eigenvalue weighted by atomic mass is 9.55. The Hall–Kier alpha value is -0.570. The summed E-state index contributed by atoms with van der Waals surface area (Å²) in [5.74, 6) is 0.472. The monoisotopic (exact) mass is 443 g/mol. The number of nitrogens with one attached hydrogen (secondary N) is 1. The van der Waals surface area contributed by atoms with Crippen molar-refractivity contribution in [3.8, 4) is 0 Å². The van der Waals surface area contributed by atoms with Crippen molar-refractivity contribution in [3.63, 3.8) is 0 Å². The molecule has 4 fully saturated rings. The number of hydrogen-bond acceptors (Lipinski definition) is 6. The molecule has 0 aromatic rings. The highest BCUT2D eigenvalue weighted by molar-refractivity contribution is 8.03. The number of aliphatic hydroxyl groups is 1. The molecule has 7 nitrogen and oxygen atoms in total. The highest BCUT2D eigenvalue weighted by atomic mass is 32.3. The van der Waals surface area contributed by atoms with E-state index in [2.05, 4.69) is 0 Å². The van der Waals surface area contributed by atoms with E-state index in [0.717, 1.165) is 6.42 Å². The normalized spacial score (nSPS) is 35.4. The van der Waals surface area contributed by atoms with Gasteiger partial charge in [0.25, 0.3) is 10.0 Å². The minimum absolute atomic E-state index is 0.179. The van der Waals surface area contributed by atoms with E-state index in [1.807, 2.05) is 0 Å². The Morgan fingerprint density at radius 2 is 1.33 bits per heavy atom. The predicted molar refractivity (Wildman–Crippen MR) is 79.9 cm³/mol. The summed E-state index contributed by atoms with van der Waals surface area (Å²) in [4.78, 5) is 0. The van der Waals surface area contributed by atoms with Crippen LogP contribution in [-0.2, 0) is 24.5 Å². The summed E-state index contributed by atoms with van der Waals surface area (Å²) in [6.07, 6.45) is -7.78. The molecule has 4 bridgehead atoms. The molecule has 0 saturated heterocycles. The topological polar surface area (TPSA) is 110 Å². The van der Waals surface area contributed by atoms with Gasteiger partial charge in [0.2, 0.25) is 6.10 Å². The number of alkyl halides is 5. The summed E-state index contributed by atoms with van der Waals surface area (Å²) in [6, 6.07) is 0. The maximum absolute atomic E-state index is 13.5. The Morgan fingerprint density at radius 1 is 0.889 bits per heavy atom. The second kappa shape index (κ2) is 6.47. The first-order chi connectivity index (χ1) is 12.1. The number of hydrogen-bond donors (Lipinski definition) is 2. The average Bonchev–Trinajstić information content (AvgIpc) is 2.47. The fourth-order valence-electron chi connectivity index (χ4n) is 4.73. The molecule has 4 saturated carbocycles. The third-order valence-electron chi connectivity index (χ3n) is 5.58. The van der Waals surface area contributed by atoms with Crippen molar-refractivity contribution in [2.24, 2.45) is 23.7 Å². The van der Waals surface area contributed by atoms with Crippen LogP contribution < -0.4 is 4.13 Å². The summed E-state index contributed by atoms with van der Waals surface area (Å²) >= 11 is 0. The first-order valence-corrected chi connectivity index (χ1v) is 11.1. The number of aliphatic hydroxyl groups excluding tert-OH is 1. The van der Waals surface area contributed by atoms with Gasteiger partial charge in [-0.25, -0.2) is 8.42 Å². The van der Waals surface area contributed by atoms with Crippen LogP contribution in [-0.4, -0.2) is 45.6 Å². The largest absolute Gasteiger partial charge is 0.421 e. The summed E-state index contributed by atoms with van der Waals surface area (Å²) in [5.41, 5.74) is 0. The Kier molecular flexibility index (Phi) is 5.07. The van der Waals surface area contributed by atoms with E-state index in [1.54, 1.807) is 0 Å². The van der Waals surface area contributed by atoms with Crippen molar-refractivity contribution in [3.05, 3.63) is 0 Å². The van der Waals surface area contributed by atoms with E-state index in [4.69, 9.17) is 9.29 Å². The molecule has 0 radical (unpaired) electrons. The maximum Gasteiger partial charge on any atom is 0.421 e. The molecule has 1 atom stereocenters. The van der Waals surface area contributed by atoms with Gasteiger partial charge < -0.3 is 5.11 Å². The van der Waals surface area contributed by atoms with Crippen molar-refractivity contribution >= 4 is 20.3 Å². The summed E-state index contributed by atoms with van der Waals surface area (Å²) in [5, 5.41) is 2.78. The second-order valence-electron chi connectivity index (χ2n) is 7.54. The summed E-state index contributed by atoms with van der Waals surface area (Å²) in [7, 11) is -11.8. The van der Waals surface area contributed by atoms with E-state index < -0.39 is 44.0 Å². The third kappa shape index (κ3) is 3.95. The zero-order valence-corrected chi connectivity index (χ0v) is 15.3. The quantitative estimate of drug-likeness (QED) is 0.603. The van der Waals surface area contributed by atoms with Crippen LogP contribution in [0.2, 0.25) is 0 Å². The molecule has 0 heterocycles. The van der Waals surface area contributed by atoms with E-state index in [9.17, 15) is 38.8 Å². The molecule has 14 heteroatoms. The van der Waals surface area contributed by atoms with Crippen molar-refractivity contribution in [1.29, 1.82) is 0 Å². The predicted octanol–water partition coefficient (Wildman–Crippen LogP) is 1.51. The second-order valence-corrected chi connectivity index (χ2v) is 10.9. The van der Waals surface area contributed by atoms with Crippen LogP contribution in [0.4, 0.5) is 22.0 Å². The standard InChI is InChI=1S/C13H18F5NO6S2/c14-12(15,16)11(20)13(17,18)26(21,22)19-27(23,24)25-10-8-2-6-1-7(4-8)5-9(10)3-6/h6-11,19-20H,1-5H2. The van der Waals surface area contributed by atoms with Gasteiger partial charge in [-0.3, -0.25) is 4.18 Å². The highest BCUT2D eigenvalue weighted by Crippen LogP contribution is 2.55. The van der Waals surface area contributed by atoms with Crippen molar-refractivity contribution < 1.29 is 48.1 Å². The van der Waals surface area contributed by atoms with E-state index in [-0.39, 0.29) is 11.8 Å². The smallest absolute Gasteiger partial charge is 0.378 e. The third-order valence-corrected chi connectivity index (χ3v) is 8.69. The van der Waals surface area contributed by atoms with Gasteiger partial charge in [-0.2, -0.15) is 30.4 Å². The molecule has 4 rings (SSSR count). The summed E-state index contributed by atoms with van der Waals surface area (Å²) in [6.45, 7) is 0. The number of rotatable bonds is 6. The van der Waals surface area contributed by atoms with Crippen molar-refractivity contribution in [1.82, 2.24) is 4.13 Å². The zero-order chi connectivity index (χ0) is 20.4. The Balaban J connectivity index is 1.74. The van der Waals surface area contributed by atoms with E-state index in [0.29, 0.717) is 41.6 Å². The number of sulfonamides is 1. The average molecular weight is 443 g/mol. The lowest BCUT2D eigenvalue weighted by molar-refractivity contribution is -0.247. The number of halogens is 5. The lowest BCUT2D eigenvalue weighted by Gasteiger charge is -2.53. The molecule has 0 spiro atoms. The molecule has 27 heavy (non-hydrogen) atoms. The fourth-order valence-corrected chi connectivity index (χ4v) is 7.44. The van der Waals surface area contributed by atoms with Gasteiger partial charge >= 0.3 is 21.7 Å². The van der Waals surface area contributed by atoms with Gasteiger partial charge in [0.15, 0.2) is 0 Å². The molecular weight excluding hydrogens is 425 g/mol. The Bertz CT molecular complexity index is 769. The highest BCUT2D eigenvalue weighted by Gasteiger charge is 2.64. The molecular formula is C13H18F5NO6S2. The SMILES string of the molecule is O=S(=O)(NS(=O)(=O)C(F)(F)C(O)C(F)(F)F)OC1C2CC3CC(C2)CC1C3. The Morgan fingerprint density at radius 3 is 1.74 bits per heavy atom. The molecule has 158 valence electrons. The van der Waals surface area contributed by atoms with E-state index in [1.165, 1.54) is 0 Å². The molecule has 0 amide bonds. The van der Waals surface area contributed by atoms with Gasteiger partial charge in [-0.05, 0) is 55.8 Å².